The van der Waals surface area contributed by atoms with E-state index < -0.39 is 18.2 Å². The highest BCUT2D eigenvalue weighted by Gasteiger charge is 2.22. The first-order chi connectivity index (χ1) is 9.08. The van der Waals surface area contributed by atoms with Crippen LogP contribution in [0.4, 0.5) is 5.69 Å². The number of carbonyl (C=O) groups is 1. The van der Waals surface area contributed by atoms with Crippen molar-refractivity contribution in [2.45, 2.75) is 25.6 Å². The zero-order chi connectivity index (χ0) is 14.3. The van der Waals surface area contributed by atoms with Gasteiger partial charge in [-0.3, -0.25) is 4.79 Å². The molecule has 7 nitrogen and oxygen atoms in total. The summed E-state index contributed by atoms with van der Waals surface area (Å²) in [6.45, 7) is 1.87. The maximum absolute atomic E-state index is 11.2. The monoisotopic (exact) mass is 265 g/mol. The van der Waals surface area contributed by atoms with Gasteiger partial charge in [-0.05, 0) is 24.1 Å². The predicted molar refractivity (Wildman–Crippen MR) is 67.5 cm³/mol. The number of hydrogen-bond donors (Lipinski definition) is 2. The second-order valence-corrected chi connectivity index (χ2v) is 3.81. The molecule has 1 aromatic rings. The molecule has 0 aliphatic heterocycles. The fraction of sp³-hybridized carbons (Fsp3) is 0.417. The first-order valence-electron chi connectivity index (χ1n) is 5.75. The van der Waals surface area contributed by atoms with E-state index in [4.69, 9.17) is 5.53 Å². The summed E-state index contributed by atoms with van der Waals surface area (Å²) in [6, 6.07) is 6.15. The largest absolute Gasteiger partial charge is 0.466 e. The Labute approximate surface area is 110 Å². The molecule has 0 aliphatic rings. The van der Waals surface area contributed by atoms with E-state index in [0.29, 0.717) is 11.3 Å². The molecule has 0 amide bonds. The van der Waals surface area contributed by atoms with Crippen molar-refractivity contribution in [1.29, 1.82) is 0 Å². The Bertz CT molecular complexity index is 486. The molecule has 0 saturated heterocycles. The second-order valence-electron chi connectivity index (χ2n) is 3.81. The topological polar surface area (TPSA) is 116 Å². The lowest BCUT2D eigenvalue weighted by atomic mass is 10.0. The molecule has 2 unspecified atom stereocenters. The molecule has 19 heavy (non-hydrogen) atoms. The number of rotatable bonds is 6. The number of carbonyl (C=O) groups excluding carboxylic acids is 1. The predicted octanol–water partition coefficient (Wildman–Crippen LogP) is 1.98. The molecular weight excluding hydrogens is 250 g/mol. The summed E-state index contributed by atoms with van der Waals surface area (Å²) in [6.07, 6.45) is -2.83. The molecule has 1 aromatic carbocycles. The molecule has 0 heterocycles. The Morgan fingerprint density at radius 3 is 2.89 bits per heavy atom. The van der Waals surface area contributed by atoms with Crippen LogP contribution in [0.2, 0.25) is 0 Å². The van der Waals surface area contributed by atoms with Gasteiger partial charge in [-0.15, -0.1) is 0 Å². The van der Waals surface area contributed by atoms with Crippen LogP contribution in [-0.2, 0) is 9.53 Å². The minimum absolute atomic E-state index is 0.216. The summed E-state index contributed by atoms with van der Waals surface area (Å²) in [5.74, 6) is -0.583. The fourth-order valence-electron chi connectivity index (χ4n) is 1.55. The van der Waals surface area contributed by atoms with E-state index in [1.165, 1.54) is 6.07 Å². The standard InChI is InChI=1S/C12H15N3O4/c1-2-19-11(17)7-10(16)12(18)8-4-3-5-9(6-8)14-15-13/h3-6,10,12,16,18H,2,7H2,1H3. The van der Waals surface area contributed by atoms with Gasteiger partial charge in [-0.25, -0.2) is 0 Å². The SMILES string of the molecule is CCOC(=O)CC(O)C(O)c1cccc(N=[N+]=[N-])c1. The average molecular weight is 265 g/mol. The zero-order valence-electron chi connectivity index (χ0n) is 10.4. The lowest BCUT2D eigenvalue weighted by Crippen LogP contribution is -2.23. The minimum Gasteiger partial charge on any atom is -0.466 e. The lowest BCUT2D eigenvalue weighted by Gasteiger charge is -2.17. The van der Waals surface area contributed by atoms with Crippen LogP contribution in [-0.4, -0.2) is 28.9 Å². The number of hydrogen-bond acceptors (Lipinski definition) is 5. The van der Waals surface area contributed by atoms with Gasteiger partial charge in [0.15, 0.2) is 0 Å². The van der Waals surface area contributed by atoms with Crippen molar-refractivity contribution in [3.05, 3.63) is 40.3 Å². The molecule has 0 fully saturated rings. The van der Waals surface area contributed by atoms with Crippen LogP contribution in [0.1, 0.15) is 25.0 Å². The normalized spacial score (nSPS) is 13.2. The van der Waals surface area contributed by atoms with Gasteiger partial charge in [0.2, 0.25) is 0 Å². The van der Waals surface area contributed by atoms with E-state index in [0.717, 1.165) is 0 Å². The number of nitrogens with zero attached hydrogens (tertiary/aromatic N) is 3. The summed E-state index contributed by atoms with van der Waals surface area (Å²) in [5, 5.41) is 23.0. The number of benzene rings is 1. The molecule has 0 spiro atoms. The summed E-state index contributed by atoms with van der Waals surface area (Å²) < 4.78 is 4.68. The summed E-state index contributed by atoms with van der Waals surface area (Å²) in [4.78, 5) is 13.8. The van der Waals surface area contributed by atoms with Gasteiger partial charge < -0.3 is 14.9 Å². The summed E-state index contributed by atoms with van der Waals surface area (Å²) >= 11 is 0. The molecule has 0 radical (unpaired) electrons. The third-order valence-electron chi connectivity index (χ3n) is 2.42. The third kappa shape index (κ3) is 4.59. The Morgan fingerprint density at radius 1 is 1.53 bits per heavy atom. The van der Waals surface area contributed by atoms with Gasteiger partial charge in [0.05, 0.1) is 19.1 Å². The lowest BCUT2D eigenvalue weighted by molar-refractivity contribution is -0.147. The fourth-order valence-corrected chi connectivity index (χ4v) is 1.55. The van der Waals surface area contributed by atoms with Crippen LogP contribution in [0.15, 0.2) is 29.4 Å². The van der Waals surface area contributed by atoms with E-state index in [1.807, 2.05) is 0 Å². The Hall–Kier alpha value is -2.08. The quantitative estimate of drug-likeness (QED) is 0.354. The van der Waals surface area contributed by atoms with Gasteiger partial charge in [0.25, 0.3) is 0 Å². The van der Waals surface area contributed by atoms with Crippen molar-refractivity contribution < 1.29 is 19.7 Å². The highest BCUT2D eigenvalue weighted by atomic mass is 16.5. The molecule has 2 atom stereocenters. The molecule has 7 heteroatoms. The number of ether oxygens (including phenoxy) is 1. The highest BCUT2D eigenvalue weighted by molar-refractivity contribution is 5.70. The van der Waals surface area contributed by atoms with E-state index in [-0.39, 0.29) is 13.0 Å². The Kier molecular flexibility index (Phi) is 5.81. The average Bonchev–Trinajstić information content (AvgIpc) is 2.38. The van der Waals surface area contributed by atoms with Crippen molar-refractivity contribution in [2.75, 3.05) is 6.61 Å². The van der Waals surface area contributed by atoms with Crippen molar-refractivity contribution >= 4 is 11.7 Å². The third-order valence-corrected chi connectivity index (χ3v) is 2.42. The number of aliphatic hydroxyl groups is 2. The van der Waals surface area contributed by atoms with Crippen LogP contribution in [0.5, 0.6) is 0 Å². The number of esters is 1. The second kappa shape index (κ2) is 7.38. The summed E-state index contributed by atoms with van der Waals surface area (Å²) in [5.41, 5.74) is 9.01. The van der Waals surface area contributed by atoms with Crippen molar-refractivity contribution in [3.63, 3.8) is 0 Å². The molecule has 1 rings (SSSR count). The summed E-state index contributed by atoms with van der Waals surface area (Å²) in [7, 11) is 0. The first kappa shape index (κ1) is 15.0. The number of azide groups is 1. The maximum atomic E-state index is 11.2. The van der Waals surface area contributed by atoms with Crippen LogP contribution < -0.4 is 0 Å². The smallest absolute Gasteiger partial charge is 0.308 e. The molecule has 0 aliphatic carbocycles. The van der Waals surface area contributed by atoms with Gasteiger partial charge in [0, 0.05) is 10.6 Å². The van der Waals surface area contributed by atoms with Gasteiger partial charge in [0.1, 0.15) is 6.10 Å². The number of aliphatic hydroxyl groups excluding tert-OH is 2. The van der Waals surface area contributed by atoms with Crippen LogP contribution in [0, 0.1) is 0 Å². The Morgan fingerprint density at radius 2 is 2.26 bits per heavy atom. The van der Waals surface area contributed by atoms with E-state index in [2.05, 4.69) is 14.8 Å². The molecule has 0 saturated carbocycles. The van der Waals surface area contributed by atoms with E-state index >= 15 is 0 Å². The maximum Gasteiger partial charge on any atom is 0.308 e. The van der Waals surface area contributed by atoms with E-state index in [1.54, 1.807) is 25.1 Å². The molecule has 0 aromatic heterocycles. The Balaban J connectivity index is 2.75. The minimum atomic E-state index is -1.28. The molecular formula is C12H15N3O4. The van der Waals surface area contributed by atoms with Gasteiger partial charge in [-0.2, -0.15) is 0 Å². The first-order valence-corrected chi connectivity index (χ1v) is 5.75. The van der Waals surface area contributed by atoms with Gasteiger partial charge >= 0.3 is 5.97 Å². The van der Waals surface area contributed by atoms with Gasteiger partial charge in [-0.1, -0.05) is 23.3 Å². The van der Waals surface area contributed by atoms with E-state index in [9.17, 15) is 15.0 Å². The van der Waals surface area contributed by atoms with Crippen molar-refractivity contribution in [3.8, 4) is 0 Å². The van der Waals surface area contributed by atoms with Crippen molar-refractivity contribution in [2.24, 2.45) is 5.11 Å². The molecule has 2 N–H and O–H groups in total. The van der Waals surface area contributed by atoms with Crippen LogP contribution in [0.3, 0.4) is 0 Å². The van der Waals surface area contributed by atoms with Crippen molar-refractivity contribution in [1.82, 2.24) is 0 Å². The highest BCUT2D eigenvalue weighted by Crippen LogP contribution is 2.23. The van der Waals surface area contributed by atoms with Crippen LogP contribution >= 0.6 is 0 Å². The molecule has 102 valence electrons. The van der Waals surface area contributed by atoms with Crippen LogP contribution in [0.25, 0.3) is 10.4 Å². The molecule has 0 bridgehead atoms. The zero-order valence-corrected chi connectivity index (χ0v) is 10.4.